The Hall–Kier alpha value is -2.62. The highest BCUT2D eigenvalue weighted by Crippen LogP contribution is 2.28. The highest BCUT2D eigenvalue weighted by atomic mass is 16.6. The molecule has 1 heterocycles. The highest BCUT2D eigenvalue weighted by Gasteiger charge is 2.22. The molecule has 2 aromatic carbocycles. The molecule has 0 aliphatic carbocycles. The second kappa shape index (κ2) is 6.43. The van der Waals surface area contributed by atoms with Crippen molar-refractivity contribution in [3.8, 4) is 0 Å². The summed E-state index contributed by atoms with van der Waals surface area (Å²) in [7, 11) is 1.50. The minimum atomic E-state index is 0.0439. The smallest absolute Gasteiger partial charge is 0.258 e. The van der Waals surface area contributed by atoms with Gasteiger partial charge in [0.15, 0.2) is 0 Å². The van der Waals surface area contributed by atoms with Crippen LogP contribution in [0, 0.1) is 0 Å². The normalized spacial score (nSPS) is 14.0. The van der Waals surface area contributed by atoms with Crippen molar-refractivity contribution in [1.29, 1.82) is 0 Å². The molecule has 1 aliphatic rings. The minimum Gasteiger partial charge on any atom is -0.399 e. The van der Waals surface area contributed by atoms with Gasteiger partial charge in [0.1, 0.15) is 7.11 Å². The fourth-order valence-electron chi connectivity index (χ4n) is 2.73. The van der Waals surface area contributed by atoms with E-state index in [1.807, 2.05) is 47.4 Å². The highest BCUT2D eigenvalue weighted by molar-refractivity contribution is 6.07. The molecule has 4 nitrogen and oxygen atoms in total. The molecular weight excluding hydrogens is 276 g/mol. The van der Waals surface area contributed by atoms with Crippen LogP contribution in [-0.2, 0) is 11.3 Å². The standard InChI is InChI=1S/C18H18N2O2/c1-22-19-13-14-8-10-16(11-9-14)18(21)20-12-4-6-15-5-2-3-7-17(15)20/h2-3,5,7-11,13H,4,6,12H2,1H3/b19-13+. The van der Waals surface area contributed by atoms with E-state index >= 15 is 0 Å². The third-order valence-electron chi connectivity index (χ3n) is 3.82. The van der Waals surface area contributed by atoms with E-state index < -0.39 is 0 Å². The molecule has 1 aliphatic heterocycles. The van der Waals surface area contributed by atoms with Crippen molar-refractivity contribution >= 4 is 17.8 Å². The maximum atomic E-state index is 12.8. The molecule has 0 saturated carbocycles. The van der Waals surface area contributed by atoms with Crippen LogP contribution in [0.3, 0.4) is 0 Å². The lowest BCUT2D eigenvalue weighted by Gasteiger charge is -2.29. The maximum absolute atomic E-state index is 12.8. The summed E-state index contributed by atoms with van der Waals surface area (Å²) in [6.07, 6.45) is 3.65. The maximum Gasteiger partial charge on any atom is 0.258 e. The minimum absolute atomic E-state index is 0.0439. The van der Waals surface area contributed by atoms with Gasteiger partial charge in [-0.3, -0.25) is 4.79 Å². The van der Waals surface area contributed by atoms with Gasteiger partial charge in [0.2, 0.25) is 0 Å². The number of carbonyl (C=O) groups excluding carboxylic acids is 1. The summed E-state index contributed by atoms with van der Waals surface area (Å²) in [6.45, 7) is 0.767. The molecule has 3 rings (SSSR count). The number of carbonyl (C=O) groups is 1. The molecule has 112 valence electrons. The first kappa shape index (κ1) is 14.3. The number of hydrogen-bond donors (Lipinski definition) is 0. The summed E-state index contributed by atoms with van der Waals surface area (Å²) >= 11 is 0. The van der Waals surface area contributed by atoms with Gasteiger partial charge in [-0.15, -0.1) is 0 Å². The summed E-state index contributed by atoms with van der Waals surface area (Å²) in [5.41, 5.74) is 3.86. The fraction of sp³-hybridized carbons (Fsp3) is 0.222. The molecule has 0 bridgehead atoms. The Morgan fingerprint density at radius 2 is 1.95 bits per heavy atom. The Bertz CT molecular complexity index is 692. The predicted octanol–water partition coefficient (Wildman–Crippen LogP) is 3.26. The number of benzene rings is 2. The second-order valence-electron chi connectivity index (χ2n) is 5.23. The average Bonchev–Trinajstić information content (AvgIpc) is 2.59. The van der Waals surface area contributed by atoms with E-state index in [2.05, 4.69) is 16.1 Å². The molecule has 1 amide bonds. The Balaban J connectivity index is 1.84. The quantitative estimate of drug-likeness (QED) is 0.644. The van der Waals surface area contributed by atoms with E-state index in [9.17, 15) is 4.79 Å². The van der Waals surface area contributed by atoms with E-state index in [1.54, 1.807) is 6.21 Å². The van der Waals surface area contributed by atoms with Crippen molar-refractivity contribution in [2.24, 2.45) is 5.16 Å². The molecule has 0 unspecified atom stereocenters. The van der Waals surface area contributed by atoms with E-state index in [1.165, 1.54) is 12.7 Å². The SMILES string of the molecule is CO/N=C/c1ccc(C(=O)N2CCCc3ccccc32)cc1. The first-order valence-corrected chi connectivity index (χ1v) is 7.36. The predicted molar refractivity (Wildman–Crippen MR) is 87.5 cm³/mol. The van der Waals surface area contributed by atoms with Gasteiger partial charge in [0.25, 0.3) is 5.91 Å². The molecule has 22 heavy (non-hydrogen) atoms. The molecule has 0 radical (unpaired) electrons. The average molecular weight is 294 g/mol. The molecule has 4 heteroatoms. The monoisotopic (exact) mass is 294 g/mol. The van der Waals surface area contributed by atoms with Crippen LogP contribution >= 0.6 is 0 Å². The lowest BCUT2D eigenvalue weighted by atomic mass is 10.0. The molecule has 0 spiro atoms. The van der Waals surface area contributed by atoms with Gasteiger partial charge in [-0.25, -0.2) is 0 Å². The van der Waals surface area contributed by atoms with E-state index in [0.717, 1.165) is 30.6 Å². The van der Waals surface area contributed by atoms with Gasteiger partial charge in [0.05, 0.1) is 6.21 Å². The van der Waals surface area contributed by atoms with Crippen LogP contribution < -0.4 is 4.90 Å². The zero-order valence-electron chi connectivity index (χ0n) is 12.5. The molecule has 2 aromatic rings. The number of hydrogen-bond acceptors (Lipinski definition) is 3. The molecule has 0 aromatic heterocycles. The first-order chi connectivity index (χ1) is 10.8. The number of fused-ring (bicyclic) bond motifs is 1. The van der Waals surface area contributed by atoms with Gasteiger partial charge in [-0.1, -0.05) is 35.5 Å². The Labute approximate surface area is 130 Å². The van der Waals surface area contributed by atoms with Gasteiger partial charge in [-0.2, -0.15) is 0 Å². The largest absolute Gasteiger partial charge is 0.399 e. The first-order valence-electron chi connectivity index (χ1n) is 7.36. The second-order valence-corrected chi connectivity index (χ2v) is 5.23. The van der Waals surface area contributed by atoms with Crippen LogP contribution in [0.25, 0.3) is 0 Å². The van der Waals surface area contributed by atoms with Crippen molar-refractivity contribution in [3.05, 3.63) is 65.2 Å². The van der Waals surface area contributed by atoms with Crippen molar-refractivity contribution < 1.29 is 9.63 Å². The number of amides is 1. The van der Waals surface area contributed by atoms with Crippen LogP contribution in [0.2, 0.25) is 0 Å². The van der Waals surface area contributed by atoms with Crippen LogP contribution in [-0.4, -0.2) is 25.8 Å². The lowest BCUT2D eigenvalue weighted by Crippen LogP contribution is -2.35. The molecule has 0 atom stereocenters. The van der Waals surface area contributed by atoms with Crippen LogP contribution in [0.4, 0.5) is 5.69 Å². The number of anilines is 1. The zero-order valence-corrected chi connectivity index (χ0v) is 12.5. The fourth-order valence-corrected chi connectivity index (χ4v) is 2.73. The van der Waals surface area contributed by atoms with Crippen molar-refractivity contribution in [1.82, 2.24) is 0 Å². The summed E-state index contributed by atoms with van der Waals surface area (Å²) in [4.78, 5) is 19.3. The number of nitrogens with zero attached hydrogens (tertiary/aromatic N) is 2. The van der Waals surface area contributed by atoms with Gasteiger partial charge in [-0.05, 0) is 42.2 Å². The van der Waals surface area contributed by atoms with Gasteiger partial charge < -0.3 is 9.74 Å². The van der Waals surface area contributed by atoms with Crippen LogP contribution in [0.15, 0.2) is 53.7 Å². The zero-order chi connectivity index (χ0) is 15.4. The Morgan fingerprint density at radius 1 is 1.18 bits per heavy atom. The van der Waals surface area contributed by atoms with E-state index in [4.69, 9.17) is 0 Å². The van der Waals surface area contributed by atoms with Crippen LogP contribution in [0.1, 0.15) is 27.9 Å². The van der Waals surface area contributed by atoms with Gasteiger partial charge >= 0.3 is 0 Å². The van der Waals surface area contributed by atoms with Crippen molar-refractivity contribution in [2.45, 2.75) is 12.8 Å². The number of aryl methyl sites for hydroxylation is 1. The molecule has 0 fully saturated rings. The third-order valence-corrected chi connectivity index (χ3v) is 3.82. The lowest BCUT2D eigenvalue weighted by molar-refractivity contribution is 0.0985. The Kier molecular flexibility index (Phi) is 4.19. The Morgan fingerprint density at radius 3 is 2.73 bits per heavy atom. The van der Waals surface area contributed by atoms with E-state index in [-0.39, 0.29) is 5.91 Å². The molecular formula is C18H18N2O2. The van der Waals surface area contributed by atoms with Gasteiger partial charge in [0, 0.05) is 17.8 Å². The number of oxime groups is 1. The summed E-state index contributed by atoms with van der Waals surface area (Å²) in [6, 6.07) is 15.5. The van der Waals surface area contributed by atoms with Crippen molar-refractivity contribution in [2.75, 3.05) is 18.6 Å². The number of para-hydroxylation sites is 1. The van der Waals surface area contributed by atoms with Crippen molar-refractivity contribution in [3.63, 3.8) is 0 Å². The number of rotatable bonds is 3. The molecule has 0 N–H and O–H groups in total. The van der Waals surface area contributed by atoms with Crippen LogP contribution in [0.5, 0.6) is 0 Å². The topological polar surface area (TPSA) is 41.9 Å². The molecule has 0 saturated heterocycles. The van der Waals surface area contributed by atoms with E-state index in [0.29, 0.717) is 5.56 Å². The summed E-state index contributed by atoms with van der Waals surface area (Å²) in [5.74, 6) is 0.0439. The third kappa shape index (κ3) is 2.86. The summed E-state index contributed by atoms with van der Waals surface area (Å²) < 4.78 is 0. The summed E-state index contributed by atoms with van der Waals surface area (Å²) in [5, 5.41) is 3.72.